The number of amides is 1. The number of nitrogens with zero attached hydrogens (tertiary/aromatic N) is 3. The molecule has 1 aromatic heterocycles. The number of carbonyl (C=O) groups excluding carboxylic acids is 1. The molecular formula is C25H20N4O3S. The first-order valence-electron chi connectivity index (χ1n) is 10.2. The average molecular weight is 457 g/mol. The van der Waals surface area contributed by atoms with E-state index in [4.69, 9.17) is 10.1 Å². The molecule has 0 radical (unpaired) electrons. The molecule has 4 aromatic rings. The predicted molar refractivity (Wildman–Crippen MR) is 128 cm³/mol. The summed E-state index contributed by atoms with van der Waals surface area (Å²) in [6, 6.07) is 25.5. The molecule has 4 rings (SSSR count). The van der Waals surface area contributed by atoms with Crippen LogP contribution in [0.1, 0.15) is 17.3 Å². The summed E-state index contributed by atoms with van der Waals surface area (Å²) in [7, 11) is 0. The summed E-state index contributed by atoms with van der Waals surface area (Å²) in [5, 5.41) is 20.4. The summed E-state index contributed by atoms with van der Waals surface area (Å²) in [4.78, 5) is 28.6. The second-order valence-corrected chi connectivity index (χ2v) is 8.47. The topological polar surface area (TPSA) is 105 Å². The highest BCUT2D eigenvalue weighted by Crippen LogP contribution is 2.30. The molecule has 33 heavy (non-hydrogen) atoms. The molecule has 0 saturated carbocycles. The molecule has 0 fully saturated rings. The van der Waals surface area contributed by atoms with Gasteiger partial charge in [-0.15, -0.1) is 10.2 Å². The standard InChI is InChI=1S/C25H20N4O3S/c1-16(23(30)26-20-14-8-13-19(15-20)24(31)32)33-25-27-21(17-9-4-2-5-10-17)22(28-29-25)18-11-6-3-7-12-18/h2-16H,1H3,(H,26,30)(H,31,32). The van der Waals surface area contributed by atoms with Crippen LogP contribution in [-0.2, 0) is 4.79 Å². The van der Waals surface area contributed by atoms with E-state index in [1.807, 2.05) is 60.7 Å². The lowest BCUT2D eigenvalue weighted by Gasteiger charge is -2.13. The maximum absolute atomic E-state index is 12.7. The lowest BCUT2D eigenvalue weighted by Crippen LogP contribution is -2.23. The number of nitrogens with one attached hydrogen (secondary N) is 1. The van der Waals surface area contributed by atoms with Gasteiger partial charge in [0.25, 0.3) is 0 Å². The highest BCUT2D eigenvalue weighted by Gasteiger charge is 2.19. The van der Waals surface area contributed by atoms with Crippen LogP contribution in [0.3, 0.4) is 0 Å². The number of carboxylic acids is 1. The molecular weight excluding hydrogens is 436 g/mol. The van der Waals surface area contributed by atoms with Gasteiger partial charge in [-0.1, -0.05) is 78.5 Å². The number of carbonyl (C=O) groups is 2. The van der Waals surface area contributed by atoms with Crippen LogP contribution in [0.25, 0.3) is 22.5 Å². The van der Waals surface area contributed by atoms with Crippen LogP contribution in [0, 0.1) is 0 Å². The Kier molecular flexibility index (Phi) is 6.75. The molecule has 7 nitrogen and oxygen atoms in total. The maximum atomic E-state index is 12.7. The second kappa shape index (κ2) is 10.1. The Morgan fingerprint density at radius 3 is 2.12 bits per heavy atom. The van der Waals surface area contributed by atoms with Crippen LogP contribution in [0.5, 0.6) is 0 Å². The fourth-order valence-corrected chi connectivity index (χ4v) is 3.85. The first-order valence-corrected chi connectivity index (χ1v) is 11.1. The molecule has 1 atom stereocenters. The third kappa shape index (κ3) is 5.42. The van der Waals surface area contributed by atoms with Gasteiger partial charge in [0.1, 0.15) is 11.4 Å². The summed E-state index contributed by atoms with van der Waals surface area (Å²) in [6.07, 6.45) is 0. The number of hydrogen-bond acceptors (Lipinski definition) is 6. The molecule has 2 N–H and O–H groups in total. The quantitative estimate of drug-likeness (QED) is 0.376. The Labute approximate surface area is 194 Å². The zero-order valence-electron chi connectivity index (χ0n) is 17.7. The Balaban J connectivity index is 1.57. The highest BCUT2D eigenvalue weighted by molar-refractivity contribution is 8.00. The van der Waals surface area contributed by atoms with Crippen molar-refractivity contribution in [1.82, 2.24) is 15.2 Å². The minimum atomic E-state index is -1.06. The average Bonchev–Trinajstić information content (AvgIpc) is 2.85. The Morgan fingerprint density at radius 1 is 0.848 bits per heavy atom. The van der Waals surface area contributed by atoms with Crippen molar-refractivity contribution in [1.29, 1.82) is 0 Å². The molecule has 0 saturated heterocycles. The Hall–Kier alpha value is -4.04. The summed E-state index contributed by atoms with van der Waals surface area (Å²) in [6.45, 7) is 1.73. The van der Waals surface area contributed by atoms with Gasteiger partial charge in [0, 0.05) is 16.8 Å². The first-order chi connectivity index (χ1) is 16.0. The van der Waals surface area contributed by atoms with E-state index in [1.165, 1.54) is 23.9 Å². The number of aromatic nitrogens is 3. The van der Waals surface area contributed by atoms with Gasteiger partial charge < -0.3 is 10.4 Å². The largest absolute Gasteiger partial charge is 0.478 e. The van der Waals surface area contributed by atoms with E-state index in [2.05, 4.69) is 15.5 Å². The maximum Gasteiger partial charge on any atom is 0.335 e. The van der Waals surface area contributed by atoms with E-state index in [1.54, 1.807) is 19.1 Å². The summed E-state index contributed by atoms with van der Waals surface area (Å²) in [5.41, 5.74) is 3.66. The van der Waals surface area contributed by atoms with E-state index in [-0.39, 0.29) is 11.5 Å². The second-order valence-electron chi connectivity index (χ2n) is 7.16. The minimum Gasteiger partial charge on any atom is -0.478 e. The summed E-state index contributed by atoms with van der Waals surface area (Å²) >= 11 is 1.18. The normalized spacial score (nSPS) is 11.5. The number of rotatable bonds is 7. The van der Waals surface area contributed by atoms with Crippen LogP contribution >= 0.6 is 11.8 Å². The van der Waals surface area contributed by atoms with E-state index in [0.29, 0.717) is 22.2 Å². The van der Waals surface area contributed by atoms with Crippen molar-refractivity contribution < 1.29 is 14.7 Å². The van der Waals surface area contributed by atoms with Crippen molar-refractivity contribution in [2.75, 3.05) is 5.32 Å². The van der Waals surface area contributed by atoms with E-state index in [9.17, 15) is 9.59 Å². The van der Waals surface area contributed by atoms with Crippen LogP contribution in [0.15, 0.2) is 90.1 Å². The minimum absolute atomic E-state index is 0.102. The number of hydrogen-bond donors (Lipinski definition) is 2. The third-order valence-electron chi connectivity index (χ3n) is 4.79. The van der Waals surface area contributed by atoms with Crippen molar-refractivity contribution in [3.63, 3.8) is 0 Å². The smallest absolute Gasteiger partial charge is 0.335 e. The fourth-order valence-electron chi connectivity index (χ4n) is 3.13. The molecule has 3 aromatic carbocycles. The molecule has 1 heterocycles. The molecule has 0 bridgehead atoms. The third-order valence-corrected chi connectivity index (χ3v) is 5.74. The van der Waals surface area contributed by atoms with Crippen LogP contribution < -0.4 is 5.32 Å². The van der Waals surface area contributed by atoms with Crippen molar-refractivity contribution in [3.05, 3.63) is 90.5 Å². The van der Waals surface area contributed by atoms with Crippen molar-refractivity contribution in [2.45, 2.75) is 17.3 Å². The molecule has 1 unspecified atom stereocenters. The molecule has 0 spiro atoms. The van der Waals surface area contributed by atoms with Crippen LogP contribution in [-0.4, -0.2) is 37.4 Å². The summed E-state index contributed by atoms with van der Waals surface area (Å²) in [5.74, 6) is -1.35. The molecule has 8 heteroatoms. The van der Waals surface area contributed by atoms with E-state index in [0.717, 1.165) is 11.1 Å². The number of thioether (sulfide) groups is 1. The molecule has 0 aliphatic heterocycles. The monoisotopic (exact) mass is 456 g/mol. The number of aromatic carboxylic acids is 1. The van der Waals surface area contributed by atoms with Gasteiger partial charge in [0.05, 0.1) is 10.8 Å². The van der Waals surface area contributed by atoms with Gasteiger partial charge in [-0.05, 0) is 25.1 Å². The lowest BCUT2D eigenvalue weighted by atomic mass is 10.0. The number of carboxylic acid groups (broad SMARTS) is 1. The molecule has 0 aliphatic carbocycles. The fraction of sp³-hybridized carbons (Fsp3) is 0.0800. The van der Waals surface area contributed by atoms with Crippen LogP contribution in [0.2, 0.25) is 0 Å². The highest BCUT2D eigenvalue weighted by atomic mass is 32.2. The SMILES string of the molecule is CC(Sc1nnc(-c2ccccc2)c(-c2ccccc2)n1)C(=O)Nc1cccc(C(=O)O)c1. The Bertz CT molecular complexity index is 1280. The predicted octanol–water partition coefficient (Wildman–Crippen LogP) is 5.02. The van der Waals surface area contributed by atoms with Gasteiger partial charge in [-0.25, -0.2) is 9.78 Å². The van der Waals surface area contributed by atoms with Gasteiger partial charge in [-0.2, -0.15) is 0 Å². The van der Waals surface area contributed by atoms with Gasteiger partial charge >= 0.3 is 5.97 Å². The number of anilines is 1. The molecule has 0 aliphatic rings. The van der Waals surface area contributed by atoms with E-state index < -0.39 is 11.2 Å². The first kappa shape index (κ1) is 22.2. The molecule has 1 amide bonds. The Morgan fingerprint density at radius 2 is 1.48 bits per heavy atom. The number of benzene rings is 3. The van der Waals surface area contributed by atoms with Crippen LogP contribution in [0.4, 0.5) is 5.69 Å². The van der Waals surface area contributed by atoms with Gasteiger partial charge in [-0.3, -0.25) is 4.79 Å². The van der Waals surface area contributed by atoms with Gasteiger partial charge in [0.2, 0.25) is 11.1 Å². The lowest BCUT2D eigenvalue weighted by molar-refractivity contribution is -0.115. The zero-order chi connectivity index (χ0) is 23.2. The zero-order valence-corrected chi connectivity index (χ0v) is 18.5. The molecule has 164 valence electrons. The van der Waals surface area contributed by atoms with Crippen molar-refractivity contribution in [3.8, 4) is 22.5 Å². The van der Waals surface area contributed by atoms with Crippen molar-refractivity contribution >= 4 is 29.3 Å². The van der Waals surface area contributed by atoms with Gasteiger partial charge in [0.15, 0.2) is 0 Å². The van der Waals surface area contributed by atoms with Crippen molar-refractivity contribution in [2.24, 2.45) is 0 Å². The summed E-state index contributed by atoms with van der Waals surface area (Å²) < 4.78 is 0. The van der Waals surface area contributed by atoms with E-state index >= 15 is 0 Å².